The molecule has 0 fully saturated rings. The lowest BCUT2D eigenvalue weighted by atomic mass is 9.93. The quantitative estimate of drug-likeness (QED) is 0.173. The van der Waals surface area contributed by atoms with Crippen LogP contribution in [-0.4, -0.2) is 90.7 Å². The molecule has 0 aliphatic carbocycles. The highest BCUT2D eigenvalue weighted by atomic mass is 16.5. The maximum absolute atomic E-state index is 13.0. The third kappa shape index (κ3) is 20.0. The summed E-state index contributed by atoms with van der Waals surface area (Å²) in [5.74, 6) is -0.670. The Kier molecular flexibility index (Phi) is 19.3. The van der Waals surface area contributed by atoms with Crippen molar-refractivity contribution >= 4 is 17.7 Å². The Morgan fingerprint density at radius 3 is 2.11 bits per heavy atom. The lowest BCUT2D eigenvalue weighted by Crippen LogP contribution is -2.49. The first-order chi connectivity index (χ1) is 17.5. The normalized spacial score (nSPS) is 12.7. The van der Waals surface area contributed by atoms with Gasteiger partial charge in [-0.05, 0) is 12.8 Å². The fourth-order valence-electron chi connectivity index (χ4n) is 3.48. The van der Waals surface area contributed by atoms with Gasteiger partial charge in [0.25, 0.3) is 0 Å². The molecule has 10 nitrogen and oxygen atoms in total. The van der Waals surface area contributed by atoms with Crippen molar-refractivity contribution < 1.29 is 33.3 Å². The summed E-state index contributed by atoms with van der Waals surface area (Å²) in [4.78, 5) is 37.7. The number of ether oxygens (including phenoxy) is 4. The average molecular weight is 532 g/mol. The third-order valence-corrected chi connectivity index (χ3v) is 5.58. The molecule has 0 spiro atoms. The van der Waals surface area contributed by atoms with E-state index in [2.05, 4.69) is 36.7 Å². The highest BCUT2D eigenvalue weighted by Gasteiger charge is 2.26. The van der Waals surface area contributed by atoms with Gasteiger partial charge in [-0.25, -0.2) is 0 Å². The summed E-state index contributed by atoms with van der Waals surface area (Å²) in [6.45, 7) is 13.9. The zero-order valence-corrected chi connectivity index (χ0v) is 24.3. The molecule has 0 bridgehead atoms. The lowest BCUT2D eigenvalue weighted by Gasteiger charge is -2.29. The van der Waals surface area contributed by atoms with E-state index in [-0.39, 0.29) is 41.4 Å². The van der Waals surface area contributed by atoms with E-state index < -0.39 is 6.04 Å². The van der Waals surface area contributed by atoms with Crippen molar-refractivity contribution in [2.24, 2.45) is 10.8 Å². The van der Waals surface area contributed by atoms with E-state index in [0.717, 1.165) is 19.3 Å². The van der Waals surface area contributed by atoms with Crippen molar-refractivity contribution in [3.63, 3.8) is 0 Å². The topological polar surface area (TPSA) is 124 Å². The Hall–Kier alpha value is -1.75. The number of carbonyl (C=O) groups excluding carboxylic acids is 3. The smallest absolute Gasteiger partial charge is 0.242 e. The van der Waals surface area contributed by atoms with Crippen LogP contribution >= 0.6 is 0 Å². The number of hydrogen-bond donors (Lipinski definition) is 3. The summed E-state index contributed by atoms with van der Waals surface area (Å²) >= 11 is 0. The maximum atomic E-state index is 13.0. The molecule has 0 aromatic heterocycles. The van der Waals surface area contributed by atoms with Gasteiger partial charge < -0.3 is 34.9 Å². The Morgan fingerprint density at radius 1 is 0.757 bits per heavy atom. The van der Waals surface area contributed by atoms with Crippen LogP contribution in [0.5, 0.6) is 0 Å². The molecular formula is C27H53N3O7. The van der Waals surface area contributed by atoms with Gasteiger partial charge in [0.1, 0.15) is 6.04 Å². The van der Waals surface area contributed by atoms with Gasteiger partial charge in [0.05, 0.1) is 39.6 Å². The molecule has 0 saturated heterocycles. The van der Waals surface area contributed by atoms with Crippen LogP contribution in [0.25, 0.3) is 0 Å². The molecule has 3 amide bonds. The van der Waals surface area contributed by atoms with Gasteiger partial charge in [-0.15, -0.1) is 0 Å². The Labute approximate surface area is 224 Å². The number of methoxy groups -OCH3 is 2. The van der Waals surface area contributed by atoms with Gasteiger partial charge in [0.2, 0.25) is 17.7 Å². The van der Waals surface area contributed by atoms with Crippen LogP contribution in [0.1, 0.15) is 73.1 Å². The van der Waals surface area contributed by atoms with Crippen molar-refractivity contribution in [1.29, 1.82) is 0 Å². The van der Waals surface area contributed by atoms with Crippen molar-refractivity contribution in [3.05, 3.63) is 0 Å². The summed E-state index contributed by atoms with van der Waals surface area (Å²) in [6, 6.07) is -0.782. The molecule has 3 N–H and O–H groups in total. The second kappa shape index (κ2) is 20.2. The minimum Gasteiger partial charge on any atom is -0.384 e. The van der Waals surface area contributed by atoms with E-state index in [4.69, 9.17) is 18.9 Å². The molecule has 10 heteroatoms. The molecule has 0 radical (unpaired) electrons. The molecule has 1 atom stereocenters. The molecule has 0 aliphatic heterocycles. The number of rotatable bonds is 23. The summed E-state index contributed by atoms with van der Waals surface area (Å²) < 4.78 is 21.4. The van der Waals surface area contributed by atoms with E-state index >= 15 is 0 Å². The summed E-state index contributed by atoms with van der Waals surface area (Å²) in [5.41, 5.74) is -0.410. The zero-order chi connectivity index (χ0) is 28.2. The highest BCUT2D eigenvalue weighted by Crippen LogP contribution is 2.19. The van der Waals surface area contributed by atoms with Crippen molar-refractivity contribution in [2.75, 3.05) is 67.0 Å². The summed E-state index contributed by atoms with van der Waals surface area (Å²) in [5, 5.41) is 8.54. The molecule has 0 aromatic carbocycles. The highest BCUT2D eigenvalue weighted by molar-refractivity contribution is 5.88. The molecular weight excluding hydrogens is 478 g/mol. The van der Waals surface area contributed by atoms with Gasteiger partial charge in [0.15, 0.2) is 0 Å². The molecule has 37 heavy (non-hydrogen) atoms. The predicted octanol–water partition coefficient (Wildman–Crippen LogP) is 2.44. The number of carbonyl (C=O) groups is 3. The van der Waals surface area contributed by atoms with Crippen molar-refractivity contribution in [3.8, 4) is 0 Å². The van der Waals surface area contributed by atoms with Crippen molar-refractivity contribution in [1.82, 2.24) is 16.0 Å². The van der Waals surface area contributed by atoms with Crippen molar-refractivity contribution in [2.45, 2.75) is 79.2 Å². The standard InChI is InChI=1S/C27H53N3O7/c1-8-9-10-11-24(32)30-22(12-13-23(31)28-14-15-36-17-16-34-6)25(33)29-18-26(2,3)20-37-21-27(4,5)19-35-7/h22H,8-21H2,1-7H3,(H,28,31)(H,29,33)(H,30,32)/t22-/m1/s1. The van der Waals surface area contributed by atoms with Gasteiger partial charge in [0, 0.05) is 51.0 Å². The number of nitrogens with one attached hydrogen (secondary N) is 3. The molecule has 0 rings (SSSR count). The SMILES string of the molecule is CCCCCC(=O)N[C@H](CCC(=O)NCCOCCOC)C(=O)NCC(C)(C)COCC(C)(C)COC. The molecule has 0 heterocycles. The molecule has 0 saturated carbocycles. The molecule has 0 aliphatic rings. The second-order valence-electron chi connectivity index (χ2n) is 11.0. The van der Waals surface area contributed by atoms with E-state index in [9.17, 15) is 14.4 Å². The van der Waals surface area contributed by atoms with Gasteiger partial charge in [-0.2, -0.15) is 0 Å². The molecule has 0 aromatic rings. The van der Waals surface area contributed by atoms with Crippen LogP contribution in [0.3, 0.4) is 0 Å². The number of hydrogen-bond acceptors (Lipinski definition) is 7. The van der Waals surface area contributed by atoms with Crippen LogP contribution in [0, 0.1) is 10.8 Å². The number of amides is 3. The largest absolute Gasteiger partial charge is 0.384 e. The van der Waals surface area contributed by atoms with Crippen LogP contribution < -0.4 is 16.0 Å². The minimum absolute atomic E-state index is 0.0994. The van der Waals surface area contributed by atoms with E-state index in [1.165, 1.54) is 0 Å². The second-order valence-corrected chi connectivity index (χ2v) is 11.0. The van der Waals surface area contributed by atoms with E-state index in [1.807, 2.05) is 13.8 Å². The van der Waals surface area contributed by atoms with Gasteiger partial charge in [-0.1, -0.05) is 47.5 Å². The van der Waals surface area contributed by atoms with Crippen LogP contribution in [-0.2, 0) is 33.3 Å². The van der Waals surface area contributed by atoms with Crippen LogP contribution in [0.2, 0.25) is 0 Å². The first kappa shape index (κ1) is 35.2. The third-order valence-electron chi connectivity index (χ3n) is 5.58. The van der Waals surface area contributed by atoms with E-state index in [0.29, 0.717) is 59.2 Å². The fourth-order valence-corrected chi connectivity index (χ4v) is 3.48. The Balaban J connectivity index is 4.76. The number of unbranched alkanes of at least 4 members (excludes halogenated alkanes) is 2. The van der Waals surface area contributed by atoms with Crippen LogP contribution in [0.4, 0.5) is 0 Å². The predicted molar refractivity (Wildman–Crippen MR) is 144 cm³/mol. The fraction of sp³-hybridized carbons (Fsp3) is 0.889. The zero-order valence-electron chi connectivity index (χ0n) is 24.3. The average Bonchev–Trinajstić information content (AvgIpc) is 2.82. The minimum atomic E-state index is -0.782. The molecule has 0 unspecified atom stereocenters. The maximum Gasteiger partial charge on any atom is 0.242 e. The first-order valence-corrected chi connectivity index (χ1v) is 13.4. The van der Waals surface area contributed by atoms with E-state index in [1.54, 1.807) is 14.2 Å². The Morgan fingerprint density at radius 2 is 1.46 bits per heavy atom. The first-order valence-electron chi connectivity index (χ1n) is 13.4. The Bertz CT molecular complexity index is 641. The van der Waals surface area contributed by atoms with Gasteiger partial charge in [-0.3, -0.25) is 14.4 Å². The summed E-state index contributed by atoms with van der Waals surface area (Å²) in [6.07, 6.45) is 3.42. The lowest BCUT2D eigenvalue weighted by molar-refractivity contribution is -0.130. The summed E-state index contributed by atoms with van der Waals surface area (Å²) in [7, 11) is 3.27. The molecule has 218 valence electrons. The van der Waals surface area contributed by atoms with Crippen LogP contribution in [0.15, 0.2) is 0 Å². The van der Waals surface area contributed by atoms with Gasteiger partial charge >= 0.3 is 0 Å². The monoisotopic (exact) mass is 531 g/mol.